The van der Waals surface area contributed by atoms with Gasteiger partial charge in [0.15, 0.2) is 0 Å². The number of benzene rings is 1. The maximum Gasteiger partial charge on any atom is 0.258 e. The van der Waals surface area contributed by atoms with Crippen molar-refractivity contribution in [2.24, 2.45) is 7.05 Å². The lowest BCUT2D eigenvalue weighted by atomic mass is 10.2. The number of hydrogen-bond donors (Lipinski definition) is 3. The highest BCUT2D eigenvalue weighted by molar-refractivity contribution is 5.88. The van der Waals surface area contributed by atoms with E-state index in [1.54, 1.807) is 23.0 Å². The molecule has 20 heavy (non-hydrogen) atoms. The third kappa shape index (κ3) is 2.09. The smallest absolute Gasteiger partial charge is 0.258 e. The van der Waals surface area contributed by atoms with Crippen LogP contribution in [0.2, 0.25) is 0 Å². The van der Waals surface area contributed by atoms with Crippen LogP contribution in [0.25, 0.3) is 10.9 Å². The van der Waals surface area contributed by atoms with Crippen molar-refractivity contribution in [2.45, 2.75) is 6.54 Å². The van der Waals surface area contributed by atoms with E-state index in [2.05, 4.69) is 20.4 Å². The first kappa shape index (κ1) is 12.2. The number of aryl methyl sites for hydroxylation is 1. The molecule has 0 spiro atoms. The van der Waals surface area contributed by atoms with E-state index < -0.39 is 0 Å². The number of aromatic amines is 1. The van der Waals surface area contributed by atoms with Gasteiger partial charge < -0.3 is 16.0 Å². The minimum Gasteiger partial charge on any atom is -0.397 e. The lowest BCUT2D eigenvalue weighted by molar-refractivity contribution is 0.720. The molecule has 0 atom stereocenters. The van der Waals surface area contributed by atoms with E-state index in [9.17, 15) is 4.79 Å². The quantitative estimate of drug-likeness (QED) is 0.612. The maximum absolute atomic E-state index is 11.6. The summed E-state index contributed by atoms with van der Waals surface area (Å²) < 4.78 is 1.78. The number of hydrogen-bond acceptors (Lipinski definition) is 5. The highest BCUT2D eigenvalue weighted by Gasteiger charge is 2.06. The van der Waals surface area contributed by atoms with E-state index in [0.717, 1.165) is 11.4 Å². The summed E-state index contributed by atoms with van der Waals surface area (Å²) in [4.78, 5) is 18.3. The molecule has 0 amide bonds. The Morgan fingerprint density at radius 1 is 1.45 bits per heavy atom. The van der Waals surface area contributed by atoms with E-state index in [4.69, 9.17) is 5.73 Å². The molecule has 0 unspecified atom stereocenters. The van der Waals surface area contributed by atoms with Crippen LogP contribution in [0.1, 0.15) is 5.69 Å². The van der Waals surface area contributed by atoms with Crippen molar-refractivity contribution < 1.29 is 0 Å². The molecule has 0 bridgehead atoms. The van der Waals surface area contributed by atoms with Crippen LogP contribution in [0, 0.1) is 0 Å². The number of rotatable bonds is 3. The van der Waals surface area contributed by atoms with E-state index >= 15 is 0 Å². The van der Waals surface area contributed by atoms with Crippen molar-refractivity contribution in [2.75, 3.05) is 11.1 Å². The SMILES string of the molecule is Cn1nccc1CNc1cc2nc[nH]c(=O)c2cc1N. The van der Waals surface area contributed by atoms with Crippen molar-refractivity contribution in [3.8, 4) is 0 Å². The van der Waals surface area contributed by atoms with Gasteiger partial charge in [-0.15, -0.1) is 0 Å². The first-order valence-corrected chi connectivity index (χ1v) is 6.13. The number of nitrogens with zero attached hydrogens (tertiary/aromatic N) is 3. The number of nitrogens with one attached hydrogen (secondary N) is 2. The summed E-state index contributed by atoms with van der Waals surface area (Å²) in [7, 11) is 1.88. The predicted octanol–water partition coefficient (Wildman–Crippen LogP) is 0.851. The first-order chi connectivity index (χ1) is 9.65. The fourth-order valence-corrected chi connectivity index (χ4v) is 2.05. The first-order valence-electron chi connectivity index (χ1n) is 6.13. The van der Waals surface area contributed by atoms with Crippen molar-refractivity contribution >= 4 is 22.3 Å². The van der Waals surface area contributed by atoms with Gasteiger partial charge in [-0.05, 0) is 18.2 Å². The summed E-state index contributed by atoms with van der Waals surface area (Å²) in [5.41, 5.74) is 8.67. The summed E-state index contributed by atoms with van der Waals surface area (Å²) in [6, 6.07) is 5.33. The molecule has 3 rings (SSSR count). The minimum absolute atomic E-state index is 0.195. The summed E-state index contributed by atoms with van der Waals surface area (Å²) >= 11 is 0. The largest absolute Gasteiger partial charge is 0.397 e. The zero-order valence-corrected chi connectivity index (χ0v) is 10.9. The number of nitrogens with two attached hydrogens (primary N) is 1. The Bertz CT molecular complexity index is 819. The Morgan fingerprint density at radius 3 is 3.05 bits per heavy atom. The van der Waals surface area contributed by atoms with Crippen LogP contribution >= 0.6 is 0 Å². The summed E-state index contributed by atoms with van der Waals surface area (Å²) in [5, 5.41) is 7.81. The van der Waals surface area contributed by atoms with Crippen LogP contribution in [-0.4, -0.2) is 19.7 Å². The van der Waals surface area contributed by atoms with Crippen LogP contribution < -0.4 is 16.6 Å². The summed E-state index contributed by atoms with van der Waals surface area (Å²) in [5.74, 6) is 0. The zero-order chi connectivity index (χ0) is 14.1. The zero-order valence-electron chi connectivity index (χ0n) is 10.9. The Kier molecular flexibility index (Phi) is 2.86. The van der Waals surface area contributed by atoms with Crippen LogP contribution in [0.4, 0.5) is 11.4 Å². The standard InChI is InChI=1S/C13H14N6O/c1-19-8(2-3-18-19)6-15-12-5-11-9(4-10(12)14)13(20)17-7-16-11/h2-5,7,15H,6,14H2,1H3,(H,16,17,20). The maximum atomic E-state index is 11.6. The Labute approximate surface area is 114 Å². The molecule has 0 radical (unpaired) electrons. The Hall–Kier alpha value is -2.83. The monoisotopic (exact) mass is 270 g/mol. The average molecular weight is 270 g/mol. The molecule has 0 saturated heterocycles. The van der Waals surface area contributed by atoms with Crippen molar-refractivity contribution in [3.63, 3.8) is 0 Å². The van der Waals surface area contributed by atoms with Gasteiger partial charge in [0.2, 0.25) is 0 Å². The Morgan fingerprint density at radius 2 is 2.30 bits per heavy atom. The van der Waals surface area contributed by atoms with Gasteiger partial charge in [0, 0.05) is 13.2 Å². The third-order valence-corrected chi connectivity index (χ3v) is 3.19. The van der Waals surface area contributed by atoms with Gasteiger partial charge >= 0.3 is 0 Å². The average Bonchev–Trinajstić information content (AvgIpc) is 2.83. The summed E-state index contributed by atoms with van der Waals surface area (Å²) in [6.07, 6.45) is 3.12. The van der Waals surface area contributed by atoms with Crippen LogP contribution in [0.3, 0.4) is 0 Å². The molecule has 0 saturated carbocycles. The highest BCUT2D eigenvalue weighted by Crippen LogP contribution is 2.23. The van der Waals surface area contributed by atoms with Gasteiger partial charge in [0.25, 0.3) is 5.56 Å². The number of nitrogen functional groups attached to an aromatic ring is 1. The van der Waals surface area contributed by atoms with Crippen LogP contribution in [-0.2, 0) is 13.6 Å². The molecular weight excluding hydrogens is 256 g/mol. The molecule has 7 heteroatoms. The summed E-state index contributed by atoms with van der Waals surface area (Å²) in [6.45, 7) is 0.593. The second-order valence-corrected chi connectivity index (χ2v) is 4.49. The molecule has 2 heterocycles. The fraction of sp³-hybridized carbons (Fsp3) is 0.154. The van der Waals surface area contributed by atoms with Gasteiger partial charge in [-0.2, -0.15) is 5.10 Å². The molecule has 102 valence electrons. The van der Waals surface area contributed by atoms with Crippen LogP contribution in [0.5, 0.6) is 0 Å². The number of aromatic nitrogens is 4. The van der Waals surface area contributed by atoms with Crippen molar-refractivity contribution in [1.82, 2.24) is 19.7 Å². The van der Waals surface area contributed by atoms with Gasteiger partial charge in [0.05, 0.1) is 40.8 Å². The van der Waals surface area contributed by atoms with Gasteiger partial charge in [-0.3, -0.25) is 9.48 Å². The molecule has 3 aromatic rings. The molecule has 0 aliphatic heterocycles. The van der Waals surface area contributed by atoms with Gasteiger partial charge in [-0.1, -0.05) is 0 Å². The van der Waals surface area contributed by atoms with Crippen LogP contribution in [0.15, 0.2) is 35.5 Å². The van der Waals surface area contributed by atoms with E-state index in [1.165, 1.54) is 6.33 Å². The second-order valence-electron chi connectivity index (χ2n) is 4.49. The Balaban J connectivity index is 1.94. The number of anilines is 2. The molecular formula is C13H14N6O. The highest BCUT2D eigenvalue weighted by atomic mass is 16.1. The molecule has 0 aliphatic carbocycles. The minimum atomic E-state index is -0.195. The lowest BCUT2D eigenvalue weighted by Gasteiger charge is -2.10. The predicted molar refractivity (Wildman–Crippen MR) is 77.3 cm³/mol. The molecule has 4 N–H and O–H groups in total. The molecule has 1 aromatic carbocycles. The lowest BCUT2D eigenvalue weighted by Crippen LogP contribution is -2.10. The molecule has 2 aromatic heterocycles. The van der Waals surface area contributed by atoms with Gasteiger partial charge in [0.1, 0.15) is 0 Å². The van der Waals surface area contributed by atoms with E-state index in [0.29, 0.717) is 23.1 Å². The normalized spacial score (nSPS) is 10.8. The topological polar surface area (TPSA) is 102 Å². The third-order valence-electron chi connectivity index (χ3n) is 3.19. The second kappa shape index (κ2) is 4.69. The fourth-order valence-electron chi connectivity index (χ4n) is 2.05. The van der Waals surface area contributed by atoms with E-state index in [1.807, 2.05) is 13.1 Å². The van der Waals surface area contributed by atoms with E-state index in [-0.39, 0.29) is 5.56 Å². The number of H-pyrrole nitrogens is 1. The van der Waals surface area contributed by atoms with Crippen molar-refractivity contribution in [3.05, 3.63) is 46.8 Å². The van der Waals surface area contributed by atoms with Gasteiger partial charge in [-0.25, -0.2) is 4.98 Å². The molecule has 7 nitrogen and oxygen atoms in total. The number of fused-ring (bicyclic) bond motifs is 1. The molecule has 0 fully saturated rings. The molecule has 0 aliphatic rings. The van der Waals surface area contributed by atoms with Crippen molar-refractivity contribution in [1.29, 1.82) is 0 Å².